The van der Waals surface area contributed by atoms with Crippen molar-refractivity contribution < 1.29 is 4.79 Å². The van der Waals surface area contributed by atoms with Crippen LogP contribution in [0, 0.1) is 0 Å². The summed E-state index contributed by atoms with van der Waals surface area (Å²) < 4.78 is 2.18. The minimum Gasteiger partial charge on any atom is -0.378 e. The molecule has 2 aromatic carbocycles. The fraction of sp³-hybridized carbons (Fsp3) is 0.136. The van der Waals surface area contributed by atoms with Gasteiger partial charge in [0.1, 0.15) is 4.70 Å². The van der Waals surface area contributed by atoms with Crippen molar-refractivity contribution >= 4 is 50.6 Å². The fourth-order valence-electron chi connectivity index (χ4n) is 2.96. The van der Waals surface area contributed by atoms with Gasteiger partial charge in [-0.3, -0.25) is 14.2 Å². The van der Waals surface area contributed by atoms with E-state index in [9.17, 15) is 9.59 Å². The zero-order valence-electron chi connectivity index (χ0n) is 16.5. The summed E-state index contributed by atoms with van der Waals surface area (Å²) in [5.41, 5.74) is 3.05. The molecule has 30 heavy (non-hydrogen) atoms. The Kier molecular flexibility index (Phi) is 5.87. The van der Waals surface area contributed by atoms with Crippen LogP contribution in [0.3, 0.4) is 0 Å². The first-order valence-corrected chi connectivity index (χ1v) is 11.1. The lowest BCUT2D eigenvalue weighted by Gasteiger charge is -2.13. The van der Waals surface area contributed by atoms with Gasteiger partial charge in [-0.05, 0) is 47.8 Å². The second-order valence-corrected chi connectivity index (χ2v) is 8.64. The van der Waals surface area contributed by atoms with Gasteiger partial charge < -0.3 is 10.2 Å². The molecule has 0 radical (unpaired) electrons. The highest BCUT2D eigenvalue weighted by atomic mass is 32.2. The lowest BCUT2D eigenvalue weighted by atomic mass is 10.2. The highest BCUT2D eigenvalue weighted by Crippen LogP contribution is 2.24. The van der Waals surface area contributed by atoms with Crippen LogP contribution in [0.5, 0.6) is 0 Å². The van der Waals surface area contributed by atoms with Crippen LogP contribution in [0.15, 0.2) is 76.0 Å². The SMILES string of the molecule is CN(C)c1ccc(NC(=O)CSc2nc3ccsc3c(=O)n2-c2ccccc2)cc1. The van der Waals surface area contributed by atoms with Gasteiger partial charge in [-0.25, -0.2) is 4.98 Å². The number of hydrogen-bond donors (Lipinski definition) is 1. The van der Waals surface area contributed by atoms with Crippen molar-refractivity contribution in [3.05, 3.63) is 76.4 Å². The van der Waals surface area contributed by atoms with Crippen molar-refractivity contribution in [2.75, 3.05) is 30.1 Å². The van der Waals surface area contributed by atoms with Crippen LogP contribution in [0.1, 0.15) is 0 Å². The first kappa shape index (κ1) is 20.2. The maximum atomic E-state index is 13.0. The van der Waals surface area contributed by atoms with Gasteiger partial charge in [0.05, 0.1) is 17.0 Å². The van der Waals surface area contributed by atoms with Crippen molar-refractivity contribution in [1.29, 1.82) is 0 Å². The van der Waals surface area contributed by atoms with E-state index in [4.69, 9.17) is 0 Å². The van der Waals surface area contributed by atoms with Crippen molar-refractivity contribution in [1.82, 2.24) is 9.55 Å². The molecule has 6 nitrogen and oxygen atoms in total. The molecule has 0 saturated heterocycles. The molecular formula is C22H20N4O2S2. The molecular weight excluding hydrogens is 416 g/mol. The normalized spacial score (nSPS) is 10.9. The van der Waals surface area contributed by atoms with Gasteiger partial charge in [0.25, 0.3) is 5.56 Å². The van der Waals surface area contributed by atoms with Gasteiger partial charge in [0, 0.05) is 25.5 Å². The van der Waals surface area contributed by atoms with E-state index in [1.165, 1.54) is 23.1 Å². The summed E-state index contributed by atoms with van der Waals surface area (Å²) in [5, 5.41) is 5.24. The summed E-state index contributed by atoms with van der Waals surface area (Å²) in [6, 6.07) is 18.8. The lowest BCUT2D eigenvalue weighted by Crippen LogP contribution is -2.22. The third kappa shape index (κ3) is 4.24. The highest BCUT2D eigenvalue weighted by Gasteiger charge is 2.15. The van der Waals surface area contributed by atoms with Crippen LogP contribution in [-0.2, 0) is 4.79 Å². The number of anilines is 2. The average Bonchev–Trinajstić information content (AvgIpc) is 3.22. The second-order valence-electron chi connectivity index (χ2n) is 6.78. The van der Waals surface area contributed by atoms with Crippen molar-refractivity contribution in [2.45, 2.75) is 5.16 Å². The summed E-state index contributed by atoms with van der Waals surface area (Å²) in [6.45, 7) is 0. The predicted molar refractivity (Wildman–Crippen MR) is 125 cm³/mol. The number of carbonyl (C=O) groups is 1. The Balaban J connectivity index is 1.56. The average molecular weight is 437 g/mol. The molecule has 4 aromatic rings. The maximum Gasteiger partial charge on any atom is 0.276 e. The van der Waals surface area contributed by atoms with E-state index in [0.717, 1.165) is 17.1 Å². The Morgan fingerprint density at radius 1 is 1.10 bits per heavy atom. The third-order valence-corrected chi connectivity index (χ3v) is 6.29. The van der Waals surface area contributed by atoms with Crippen molar-refractivity contribution in [3.8, 4) is 5.69 Å². The largest absolute Gasteiger partial charge is 0.378 e. The van der Waals surface area contributed by atoms with E-state index in [1.807, 2.05) is 85.0 Å². The van der Waals surface area contributed by atoms with Crippen LogP contribution in [0.25, 0.3) is 15.9 Å². The van der Waals surface area contributed by atoms with Gasteiger partial charge in [-0.2, -0.15) is 0 Å². The van der Waals surface area contributed by atoms with Crippen LogP contribution in [0.2, 0.25) is 0 Å². The summed E-state index contributed by atoms with van der Waals surface area (Å²) in [4.78, 5) is 32.2. The molecule has 1 amide bonds. The molecule has 152 valence electrons. The number of aromatic nitrogens is 2. The van der Waals surface area contributed by atoms with E-state index in [-0.39, 0.29) is 17.2 Å². The summed E-state index contributed by atoms with van der Waals surface area (Å²) >= 11 is 2.62. The zero-order chi connectivity index (χ0) is 21.1. The van der Waals surface area contributed by atoms with Crippen LogP contribution < -0.4 is 15.8 Å². The molecule has 0 aliphatic carbocycles. The smallest absolute Gasteiger partial charge is 0.276 e. The molecule has 2 aromatic heterocycles. The monoisotopic (exact) mass is 436 g/mol. The standard InChI is InChI=1S/C22H20N4O2S2/c1-25(2)16-10-8-15(9-11-16)23-19(27)14-30-22-24-18-12-13-29-20(18)21(28)26(22)17-6-4-3-5-7-17/h3-13H,14H2,1-2H3,(H,23,27). The number of nitrogens with zero attached hydrogens (tertiary/aromatic N) is 3. The molecule has 1 N–H and O–H groups in total. The van der Waals surface area contributed by atoms with Gasteiger partial charge in [-0.1, -0.05) is 30.0 Å². The summed E-state index contributed by atoms with van der Waals surface area (Å²) in [7, 11) is 3.93. The Morgan fingerprint density at radius 3 is 2.53 bits per heavy atom. The number of fused-ring (bicyclic) bond motifs is 1. The number of nitrogens with one attached hydrogen (secondary N) is 1. The number of amides is 1. The quantitative estimate of drug-likeness (QED) is 0.362. The number of hydrogen-bond acceptors (Lipinski definition) is 6. The molecule has 4 rings (SSSR count). The number of rotatable bonds is 6. The maximum absolute atomic E-state index is 13.0. The molecule has 0 bridgehead atoms. The first-order chi connectivity index (χ1) is 14.5. The van der Waals surface area contributed by atoms with Crippen molar-refractivity contribution in [3.63, 3.8) is 0 Å². The predicted octanol–water partition coefficient (Wildman–Crippen LogP) is 4.24. The molecule has 0 aliphatic rings. The van der Waals surface area contributed by atoms with Crippen LogP contribution >= 0.6 is 23.1 Å². The van der Waals surface area contributed by atoms with E-state index >= 15 is 0 Å². The molecule has 0 unspecified atom stereocenters. The topological polar surface area (TPSA) is 67.2 Å². The van der Waals surface area contributed by atoms with Crippen LogP contribution in [0.4, 0.5) is 11.4 Å². The zero-order valence-corrected chi connectivity index (χ0v) is 18.2. The second kappa shape index (κ2) is 8.73. The number of thiophene rings is 1. The van der Waals surface area contributed by atoms with E-state index in [1.54, 1.807) is 4.57 Å². The van der Waals surface area contributed by atoms with E-state index < -0.39 is 0 Å². The number of para-hydroxylation sites is 1. The highest BCUT2D eigenvalue weighted by molar-refractivity contribution is 7.99. The van der Waals surface area contributed by atoms with Gasteiger partial charge in [0.2, 0.25) is 5.91 Å². The summed E-state index contributed by atoms with van der Waals surface area (Å²) in [6.07, 6.45) is 0. The first-order valence-electron chi connectivity index (χ1n) is 9.28. The van der Waals surface area contributed by atoms with Gasteiger partial charge >= 0.3 is 0 Å². The fourth-order valence-corrected chi connectivity index (χ4v) is 4.54. The van der Waals surface area contributed by atoms with Gasteiger partial charge in [-0.15, -0.1) is 11.3 Å². The number of benzene rings is 2. The molecule has 0 fully saturated rings. The molecule has 0 atom stereocenters. The minimum absolute atomic E-state index is 0.122. The Labute approximate surface area is 182 Å². The van der Waals surface area contributed by atoms with Crippen molar-refractivity contribution in [2.24, 2.45) is 0 Å². The number of thioether (sulfide) groups is 1. The lowest BCUT2D eigenvalue weighted by molar-refractivity contribution is -0.113. The minimum atomic E-state index is -0.156. The van der Waals surface area contributed by atoms with Crippen LogP contribution in [-0.4, -0.2) is 35.3 Å². The molecule has 2 heterocycles. The molecule has 0 saturated carbocycles. The number of carbonyl (C=O) groups excluding carboxylic acids is 1. The molecule has 8 heteroatoms. The van der Waals surface area contributed by atoms with E-state index in [0.29, 0.717) is 15.4 Å². The van der Waals surface area contributed by atoms with E-state index in [2.05, 4.69) is 10.3 Å². The Bertz CT molecular complexity index is 1230. The van der Waals surface area contributed by atoms with Gasteiger partial charge in [0.15, 0.2) is 5.16 Å². The summed E-state index contributed by atoms with van der Waals surface area (Å²) in [5.74, 6) is -0.0125. The third-order valence-electron chi connectivity index (χ3n) is 4.46. The molecule has 0 spiro atoms. The Hall–Kier alpha value is -3.10. The molecule has 0 aliphatic heterocycles. The Morgan fingerprint density at radius 2 is 1.83 bits per heavy atom.